The third kappa shape index (κ3) is 8.06. The van der Waals surface area contributed by atoms with Gasteiger partial charge in [-0.2, -0.15) is 0 Å². The highest BCUT2D eigenvalue weighted by Crippen LogP contribution is 2.42. The molecule has 0 aliphatic carbocycles. The lowest BCUT2D eigenvalue weighted by molar-refractivity contribution is -0.119. The summed E-state index contributed by atoms with van der Waals surface area (Å²) in [6.45, 7) is 5.74. The van der Waals surface area contributed by atoms with Crippen molar-refractivity contribution >= 4 is 41.4 Å². The van der Waals surface area contributed by atoms with Gasteiger partial charge in [-0.15, -0.1) is 0 Å². The first kappa shape index (κ1) is 35.0. The first-order valence-corrected chi connectivity index (χ1v) is 15.8. The molecule has 2 amide bonds. The highest BCUT2D eigenvalue weighted by molar-refractivity contribution is 6.35. The van der Waals surface area contributed by atoms with Crippen LogP contribution in [0.15, 0.2) is 54.9 Å². The van der Waals surface area contributed by atoms with Crippen molar-refractivity contribution in [2.24, 2.45) is 0 Å². The minimum atomic E-state index is -0.800. The van der Waals surface area contributed by atoms with Gasteiger partial charge >= 0.3 is 6.09 Å². The molecule has 1 aliphatic heterocycles. The summed E-state index contributed by atoms with van der Waals surface area (Å²) < 4.78 is 31.8. The van der Waals surface area contributed by atoms with Gasteiger partial charge in [0.15, 0.2) is 23.7 Å². The number of aromatic nitrogens is 3. The molecule has 256 valence electrons. The minimum Gasteiger partial charge on any atom is -0.494 e. The second-order valence-corrected chi connectivity index (χ2v) is 12.6. The Labute approximate surface area is 288 Å². The topological polar surface area (TPSA) is 145 Å². The van der Waals surface area contributed by atoms with E-state index in [-0.39, 0.29) is 47.3 Å². The smallest absolute Gasteiger partial charge is 0.410 e. The summed E-state index contributed by atoms with van der Waals surface area (Å²) in [4.78, 5) is 51.1. The maximum Gasteiger partial charge on any atom is 0.410 e. The van der Waals surface area contributed by atoms with Gasteiger partial charge in [-0.05, 0) is 63.6 Å². The Bertz CT molecular complexity index is 1880. The van der Waals surface area contributed by atoms with Gasteiger partial charge < -0.3 is 29.7 Å². The first-order valence-electron chi connectivity index (χ1n) is 15.4. The molecular weight excluding hydrogens is 655 g/mol. The van der Waals surface area contributed by atoms with Crippen molar-refractivity contribution in [3.63, 3.8) is 0 Å². The van der Waals surface area contributed by atoms with Gasteiger partial charge in [0, 0.05) is 48.1 Å². The molecule has 14 heteroatoms. The number of carbonyl (C=O) groups is 3. The molecule has 49 heavy (non-hydrogen) atoms. The Hall–Kier alpha value is -5.30. The monoisotopic (exact) mass is 690 g/mol. The SMILES string of the molecule is COc1nc(-c2ccnc(-c3cccc(Nc4nccc(C=O)c4F)c3OC)c2Cl)ccc1CN(C[C@@H]1CCC(=O)N1)C(=O)OC(C)(C)C. The minimum absolute atomic E-state index is 0.0535. The number of carbonyl (C=O) groups excluding carboxylic acids is 3. The van der Waals surface area contributed by atoms with Gasteiger partial charge in [-0.25, -0.2) is 19.2 Å². The predicted molar refractivity (Wildman–Crippen MR) is 182 cm³/mol. The molecule has 0 spiro atoms. The number of pyridine rings is 3. The van der Waals surface area contributed by atoms with E-state index in [9.17, 15) is 18.8 Å². The third-order valence-corrected chi connectivity index (χ3v) is 7.99. The molecule has 12 nitrogen and oxygen atoms in total. The molecule has 1 saturated heterocycles. The van der Waals surface area contributed by atoms with E-state index in [1.807, 2.05) is 0 Å². The lowest BCUT2D eigenvalue weighted by atomic mass is 10.0. The molecule has 5 rings (SSSR count). The molecule has 4 heterocycles. The van der Waals surface area contributed by atoms with Crippen LogP contribution in [-0.4, -0.2) is 70.5 Å². The summed E-state index contributed by atoms with van der Waals surface area (Å²) in [5.74, 6) is -0.420. The van der Waals surface area contributed by atoms with Gasteiger partial charge in [-0.1, -0.05) is 17.7 Å². The Balaban J connectivity index is 1.46. The van der Waals surface area contributed by atoms with Crippen LogP contribution in [0.1, 0.15) is 49.5 Å². The number of nitrogens with one attached hydrogen (secondary N) is 2. The van der Waals surface area contributed by atoms with Crippen molar-refractivity contribution in [1.29, 1.82) is 0 Å². The Kier molecular flexibility index (Phi) is 10.6. The van der Waals surface area contributed by atoms with Crippen molar-refractivity contribution in [3.8, 4) is 34.1 Å². The highest BCUT2D eigenvalue weighted by Gasteiger charge is 2.29. The van der Waals surface area contributed by atoms with E-state index in [0.29, 0.717) is 58.6 Å². The first-order chi connectivity index (χ1) is 23.4. The molecule has 3 aromatic heterocycles. The number of para-hydroxylation sites is 1. The zero-order chi connectivity index (χ0) is 35.3. The van der Waals surface area contributed by atoms with E-state index < -0.39 is 17.5 Å². The molecular formula is C35H36ClFN6O6. The number of halogens is 2. The van der Waals surface area contributed by atoms with Crippen LogP contribution in [-0.2, 0) is 16.1 Å². The van der Waals surface area contributed by atoms with Gasteiger partial charge in [0.25, 0.3) is 0 Å². The molecule has 2 N–H and O–H groups in total. The van der Waals surface area contributed by atoms with Crippen molar-refractivity contribution < 1.29 is 33.0 Å². The maximum absolute atomic E-state index is 14.8. The number of nitrogens with zero attached hydrogens (tertiary/aromatic N) is 4. The van der Waals surface area contributed by atoms with E-state index in [2.05, 4.69) is 20.6 Å². The molecule has 0 radical (unpaired) electrons. The fraction of sp³-hybridized carbons (Fsp3) is 0.314. The molecule has 0 bridgehead atoms. The number of methoxy groups -OCH3 is 2. The standard InChI is InChI=1S/C35H36ClFN6O6/c1-35(2,3)49-34(46)43(18-22-10-12-27(45)40-22)17-20-9-11-25(42-33(20)48-5)23-14-16-38-30(28(23)36)24-7-6-8-26(31(24)47-4)41-32-29(37)21(19-44)13-15-39-32/h6-9,11,13-16,19,22H,10,12,17-18H2,1-5H3,(H,39,41)(H,40,45)/t22-/m0/s1. The predicted octanol–water partition coefficient (Wildman–Crippen LogP) is 6.59. The Morgan fingerprint density at radius 2 is 1.88 bits per heavy atom. The summed E-state index contributed by atoms with van der Waals surface area (Å²) in [5.41, 5.74) is 2.02. The average molecular weight is 691 g/mol. The second-order valence-electron chi connectivity index (χ2n) is 12.2. The van der Waals surface area contributed by atoms with Crippen molar-refractivity contribution in [2.45, 2.75) is 51.8 Å². The van der Waals surface area contributed by atoms with Gasteiger partial charge in [0.05, 0.1) is 48.4 Å². The molecule has 0 unspecified atom stereocenters. The quantitative estimate of drug-likeness (QED) is 0.165. The second kappa shape index (κ2) is 14.9. The van der Waals surface area contributed by atoms with Crippen molar-refractivity contribution in [3.05, 3.63) is 76.8 Å². The molecule has 1 aliphatic rings. The van der Waals surface area contributed by atoms with Gasteiger partial charge in [-0.3, -0.25) is 14.6 Å². The zero-order valence-corrected chi connectivity index (χ0v) is 28.4. The van der Waals surface area contributed by atoms with E-state index in [1.54, 1.807) is 63.4 Å². The summed E-state index contributed by atoms with van der Waals surface area (Å²) in [7, 11) is 2.94. The van der Waals surface area contributed by atoms with Crippen LogP contribution in [0.4, 0.5) is 20.7 Å². The van der Waals surface area contributed by atoms with E-state index in [0.717, 1.165) is 0 Å². The number of hydrogen-bond acceptors (Lipinski definition) is 10. The van der Waals surface area contributed by atoms with E-state index in [4.69, 9.17) is 30.8 Å². The third-order valence-electron chi connectivity index (χ3n) is 7.61. The van der Waals surface area contributed by atoms with Crippen LogP contribution >= 0.6 is 11.6 Å². The van der Waals surface area contributed by atoms with E-state index in [1.165, 1.54) is 31.4 Å². The Morgan fingerprint density at radius 3 is 2.55 bits per heavy atom. The van der Waals surface area contributed by atoms with Gasteiger partial charge in [0.1, 0.15) is 5.60 Å². The van der Waals surface area contributed by atoms with Crippen LogP contribution in [0.3, 0.4) is 0 Å². The van der Waals surface area contributed by atoms with Crippen LogP contribution < -0.4 is 20.1 Å². The molecule has 1 atom stereocenters. The average Bonchev–Trinajstić information content (AvgIpc) is 3.49. The lowest BCUT2D eigenvalue weighted by Crippen LogP contribution is -2.43. The number of anilines is 2. The number of hydrogen-bond donors (Lipinski definition) is 2. The lowest BCUT2D eigenvalue weighted by Gasteiger charge is -2.29. The number of ether oxygens (including phenoxy) is 3. The molecule has 4 aromatic rings. The van der Waals surface area contributed by atoms with Crippen molar-refractivity contribution in [2.75, 3.05) is 26.1 Å². The fourth-order valence-corrected chi connectivity index (χ4v) is 5.68. The molecule has 1 fully saturated rings. The van der Waals surface area contributed by atoms with Crippen molar-refractivity contribution in [1.82, 2.24) is 25.2 Å². The Morgan fingerprint density at radius 1 is 1.10 bits per heavy atom. The summed E-state index contributed by atoms with van der Waals surface area (Å²) in [6, 6.07) is 11.5. The number of aldehydes is 1. The highest BCUT2D eigenvalue weighted by atomic mass is 35.5. The maximum atomic E-state index is 14.8. The zero-order valence-electron chi connectivity index (χ0n) is 27.7. The van der Waals surface area contributed by atoms with Gasteiger partial charge in [0.2, 0.25) is 11.8 Å². The molecule has 1 aromatic carbocycles. The summed E-state index contributed by atoms with van der Waals surface area (Å²) >= 11 is 6.98. The number of rotatable bonds is 11. The normalized spacial score (nSPS) is 14.2. The summed E-state index contributed by atoms with van der Waals surface area (Å²) in [6.07, 6.45) is 3.80. The fourth-order valence-electron chi connectivity index (χ4n) is 5.37. The van der Waals surface area contributed by atoms with Crippen LogP contribution in [0, 0.1) is 5.82 Å². The largest absolute Gasteiger partial charge is 0.494 e. The van der Waals surface area contributed by atoms with Crippen LogP contribution in [0.2, 0.25) is 5.02 Å². The number of amides is 2. The van der Waals surface area contributed by atoms with Crippen LogP contribution in [0.5, 0.6) is 11.6 Å². The van der Waals surface area contributed by atoms with Crippen LogP contribution in [0.25, 0.3) is 22.5 Å². The molecule has 0 saturated carbocycles. The number of benzene rings is 1. The van der Waals surface area contributed by atoms with E-state index >= 15 is 0 Å². The summed E-state index contributed by atoms with van der Waals surface area (Å²) in [5, 5.41) is 6.06.